The number of carbonyl (C=O) groups is 1. The van der Waals surface area contributed by atoms with Gasteiger partial charge in [0, 0.05) is 17.8 Å². The average molecular weight is 276 g/mol. The smallest absolute Gasteiger partial charge is 0.285 e. The lowest BCUT2D eigenvalue weighted by molar-refractivity contribution is -0.385. The fourth-order valence-electron chi connectivity index (χ4n) is 1.73. The second-order valence-corrected chi connectivity index (χ2v) is 4.00. The van der Waals surface area contributed by atoms with Crippen molar-refractivity contribution < 1.29 is 14.5 Å². The zero-order chi connectivity index (χ0) is 14.7. The molecule has 0 aliphatic heterocycles. The summed E-state index contributed by atoms with van der Waals surface area (Å²) in [4.78, 5) is 22.5. The number of benzene rings is 1. The fraction of sp³-hybridized carbons (Fsp3) is 0.167. The van der Waals surface area contributed by atoms with E-state index in [9.17, 15) is 14.9 Å². The molecule has 2 aromatic rings. The Morgan fingerprint density at radius 3 is 2.80 bits per heavy atom. The molecule has 2 rings (SSSR count). The number of ether oxygens (including phenoxy) is 1. The molecule has 1 aromatic carbocycles. The first-order valence-corrected chi connectivity index (χ1v) is 5.67. The van der Waals surface area contributed by atoms with Crippen LogP contribution in [0.5, 0.6) is 5.75 Å². The summed E-state index contributed by atoms with van der Waals surface area (Å²) in [5, 5.41) is 20.0. The second kappa shape index (κ2) is 5.39. The van der Waals surface area contributed by atoms with Crippen molar-refractivity contribution in [2.45, 2.75) is 6.92 Å². The molecule has 2 N–H and O–H groups in total. The Morgan fingerprint density at radius 2 is 2.25 bits per heavy atom. The molecule has 0 aliphatic carbocycles. The van der Waals surface area contributed by atoms with Gasteiger partial charge in [-0.1, -0.05) is 6.07 Å². The van der Waals surface area contributed by atoms with Crippen LogP contribution in [0.3, 0.4) is 0 Å². The number of hydrogen-bond acceptors (Lipinski definition) is 5. The molecule has 0 bridgehead atoms. The summed E-state index contributed by atoms with van der Waals surface area (Å²) in [7, 11) is 1.34. The summed E-state index contributed by atoms with van der Waals surface area (Å²) in [6.07, 6.45) is 0. The minimum Gasteiger partial charge on any atom is -0.496 e. The summed E-state index contributed by atoms with van der Waals surface area (Å²) < 4.78 is 5.01. The Kier molecular flexibility index (Phi) is 3.65. The molecule has 20 heavy (non-hydrogen) atoms. The highest BCUT2D eigenvalue weighted by Gasteiger charge is 2.25. The molecular weight excluding hydrogens is 264 g/mol. The molecule has 8 heteroatoms. The Bertz CT molecular complexity index is 665. The monoisotopic (exact) mass is 276 g/mol. The first-order chi connectivity index (χ1) is 9.52. The first-order valence-electron chi connectivity index (χ1n) is 5.67. The highest BCUT2D eigenvalue weighted by Crippen LogP contribution is 2.28. The Hall–Kier alpha value is -2.90. The number of methoxy groups -OCH3 is 1. The molecular formula is C12H12N4O4. The SMILES string of the molecule is COc1cccc([N+](=O)[O-])c1C(=O)Nc1cc(C)[nH]n1. The molecule has 0 fully saturated rings. The van der Waals surface area contributed by atoms with Crippen molar-refractivity contribution in [3.8, 4) is 5.75 Å². The van der Waals surface area contributed by atoms with Gasteiger partial charge in [-0.15, -0.1) is 0 Å². The van der Waals surface area contributed by atoms with Crippen molar-refractivity contribution >= 4 is 17.4 Å². The van der Waals surface area contributed by atoms with E-state index < -0.39 is 10.8 Å². The molecule has 1 amide bonds. The van der Waals surface area contributed by atoms with Crippen molar-refractivity contribution in [3.63, 3.8) is 0 Å². The Morgan fingerprint density at radius 1 is 1.50 bits per heavy atom. The van der Waals surface area contributed by atoms with Crippen LogP contribution in [-0.4, -0.2) is 28.1 Å². The number of nitro benzene ring substituents is 1. The average Bonchev–Trinajstić information content (AvgIpc) is 2.82. The highest BCUT2D eigenvalue weighted by atomic mass is 16.6. The minimum absolute atomic E-state index is 0.129. The standard InChI is InChI=1S/C12H12N4O4/c1-7-6-10(15-14-7)13-12(17)11-8(16(18)19)4-3-5-9(11)20-2/h3-6H,1-2H3,(H2,13,14,15,17). The molecule has 0 atom stereocenters. The predicted molar refractivity (Wildman–Crippen MR) is 70.9 cm³/mol. The molecule has 0 aliphatic rings. The van der Waals surface area contributed by atoms with Crippen LogP contribution in [0.1, 0.15) is 16.1 Å². The number of nitrogens with zero attached hydrogens (tertiary/aromatic N) is 2. The number of nitro groups is 1. The van der Waals surface area contributed by atoms with Gasteiger partial charge in [-0.3, -0.25) is 20.0 Å². The lowest BCUT2D eigenvalue weighted by Crippen LogP contribution is -2.15. The molecule has 8 nitrogen and oxygen atoms in total. The van der Waals surface area contributed by atoms with E-state index in [1.54, 1.807) is 13.0 Å². The van der Waals surface area contributed by atoms with Crippen molar-refractivity contribution in [2.24, 2.45) is 0 Å². The van der Waals surface area contributed by atoms with Crippen LogP contribution in [0.4, 0.5) is 11.5 Å². The van der Waals surface area contributed by atoms with Gasteiger partial charge >= 0.3 is 0 Å². The lowest BCUT2D eigenvalue weighted by Gasteiger charge is -2.08. The number of aryl methyl sites for hydroxylation is 1. The summed E-state index contributed by atoms with van der Waals surface area (Å²) >= 11 is 0. The molecule has 1 aromatic heterocycles. The number of carbonyl (C=O) groups excluding carboxylic acids is 1. The third-order valence-corrected chi connectivity index (χ3v) is 2.60. The Labute approximate surface area is 113 Å². The highest BCUT2D eigenvalue weighted by molar-refractivity contribution is 6.08. The third-order valence-electron chi connectivity index (χ3n) is 2.60. The number of aromatic amines is 1. The number of rotatable bonds is 4. The predicted octanol–water partition coefficient (Wildman–Crippen LogP) is 1.89. The van der Waals surface area contributed by atoms with Crippen LogP contribution in [-0.2, 0) is 0 Å². The third kappa shape index (κ3) is 2.58. The molecule has 0 spiro atoms. The number of nitrogens with one attached hydrogen (secondary N) is 2. The first kappa shape index (κ1) is 13.5. The number of hydrogen-bond donors (Lipinski definition) is 2. The van der Waals surface area contributed by atoms with Gasteiger partial charge in [0.15, 0.2) is 11.4 Å². The summed E-state index contributed by atoms with van der Waals surface area (Å²) in [5.41, 5.74) is 0.296. The molecule has 0 saturated heterocycles. The van der Waals surface area contributed by atoms with Gasteiger partial charge < -0.3 is 10.1 Å². The van der Waals surface area contributed by atoms with Crippen LogP contribution < -0.4 is 10.1 Å². The fourth-order valence-corrected chi connectivity index (χ4v) is 1.73. The van der Waals surface area contributed by atoms with E-state index in [0.29, 0.717) is 0 Å². The van der Waals surface area contributed by atoms with Crippen LogP contribution in [0.25, 0.3) is 0 Å². The van der Waals surface area contributed by atoms with E-state index in [4.69, 9.17) is 4.74 Å². The quantitative estimate of drug-likeness (QED) is 0.654. The maximum absolute atomic E-state index is 12.2. The molecule has 0 unspecified atom stereocenters. The van der Waals surface area contributed by atoms with Crippen molar-refractivity contribution in [2.75, 3.05) is 12.4 Å². The number of aromatic nitrogens is 2. The largest absolute Gasteiger partial charge is 0.496 e. The van der Waals surface area contributed by atoms with Gasteiger partial charge in [0.2, 0.25) is 0 Å². The van der Waals surface area contributed by atoms with Crippen molar-refractivity contribution in [3.05, 3.63) is 45.6 Å². The van der Waals surface area contributed by atoms with Crippen LogP contribution in [0.2, 0.25) is 0 Å². The summed E-state index contributed by atoms with van der Waals surface area (Å²) in [6, 6.07) is 5.79. The number of amides is 1. The summed E-state index contributed by atoms with van der Waals surface area (Å²) in [5.74, 6) is -0.239. The zero-order valence-electron chi connectivity index (χ0n) is 10.8. The van der Waals surface area contributed by atoms with Gasteiger partial charge in [0.05, 0.1) is 12.0 Å². The van der Waals surface area contributed by atoms with Crippen LogP contribution >= 0.6 is 0 Å². The maximum Gasteiger partial charge on any atom is 0.285 e. The van der Waals surface area contributed by atoms with Gasteiger partial charge in [0.1, 0.15) is 5.75 Å². The van der Waals surface area contributed by atoms with Crippen molar-refractivity contribution in [1.29, 1.82) is 0 Å². The van der Waals surface area contributed by atoms with Gasteiger partial charge in [-0.25, -0.2) is 0 Å². The number of H-pyrrole nitrogens is 1. The van der Waals surface area contributed by atoms with E-state index in [1.807, 2.05) is 0 Å². The molecule has 104 valence electrons. The Balaban J connectivity index is 2.39. The van der Waals surface area contributed by atoms with Gasteiger partial charge in [-0.05, 0) is 13.0 Å². The van der Waals surface area contributed by atoms with E-state index in [2.05, 4.69) is 15.5 Å². The van der Waals surface area contributed by atoms with Gasteiger partial charge in [-0.2, -0.15) is 5.10 Å². The topological polar surface area (TPSA) is 110 Å². The summed E-state index contributed by atoms with van der Waals surface area (Å²) in [6.45, 7) is 1.77. The lowest BCUT2D eigenvalue weighted by atomic mass is 10.1. The van der Waals surface area contributed by atoms with E-state index >= 15 is 0 Å². The maximum atomic E-state index is 12.2. The van der Waals surface area contributed by atoms with Gasteiger partial charge in [0.25, 0.3) is 11.6 Å². The van der Waals surface area contributed by atoms with E-state index in [1.165, 1.54) is 25.3 Å². The normalized spacial score (nSPS) is 10.1. The second-order valence-electron chi connectivity index (χ2n) is 4.00. The minimum atomic E-state index is -0.652. The van der Waals surface area contributed by atoms with E-state index in [-0.39, 0.29) is 22.8 Å². The molecule has 1 heterocycles. The number of anilines is 1. The molecule has 0 saturated carbocycles. The van der Waals surface area contributed by atoms with Crippen LogP contribution in [0.15, 0.2) is 24.3 Å². The van der Waals surface area contributed by atoms with Crippen LogP contribution in [0, 0.1) is 17.0 Å². The molecule has 0 radical (unpaired) electrons. The van der Waals surface area contributed by atoms with E-state index in [0.717, 1.165) is 5.69 Å². The zero-order valence-corrected chi connectivity index (χ0v) is 10.8. The van der Waals surface area contributed by atoms with Crippen molar-refractivity contribution in [1.82, 2.24) is 10.2 Å².